The zero-order chi connectivity index (χ0) is 14.5. The first-order valence-electron chi connectivity index (χ1n) is 5.87. The van der Waals surface area contributed by atoms with Crippen molar-refractivity contribution >= 4 is 22.4 Å². The quantitative estimate of drug-likeness (QED) is 0.862. The fraction of sp³-hybridized carbons (Fsp3) is 0.133. The lowest BCUT2D eigenvalue weighted by molar-refractivity contribution is 0.626. The number of nitrogens with zero attached hydrogens (tertiary/aromatic N) is 1. The van der Waals surface area contributed by atoms with E-state index in [9.17, 15) is 8.60 Å². The topological polar surface area (TPSA) is 40.9 Å². The Bertz CT molecular complexity index is 697. The first-order chi connectivity index (χ1) is 9.60. The van der Waals surface area contributed by atoms with E-state index in [0.717, 1.165) is 5.56 Å². The molecule has 0 aliphatic carbocycles. The SMILES string of the molecule is N#Cc1ccc(F)cc1CS(=O)Cc1ccccc1Cl. The Hall–Kier alpha value is -1.70. The highest BCUT2D eigenvalue weighted by molar-refractivity contribution is 7.83. The highest BCUT2D eigenvalue weighted by Crippen LogP contribution is 2.19. The van der Waals surface area contributed by atoms with Gasteiger partial charge in [-0.1, -0.05) is 29.8 Å². The van der Waals surface area contributed by atoms with Gasteiger partial charge in [0.1, 0.15) is 5.82 Å². The monoisotopic (exact) mass is 307 g/mol. The maximum atomic E-state index is 13.2. The van der Waals surface area contributed by atoms with Crippen molar-refractivity contribution in [2.45, 2.75) is 11.5 Å². The third kappa shape index (κ3) is 3.66. The van der Waals surface area contributed by atoms with E-state index < -0.39 is 16.6 Å². The lowest BCUT2D eigenvalue weighted by Gasteiger charge is -2.06. The number of halogens is 2. The predicted octanol–water partition coefficient (Wildman–Crippen LogP) is 3.80. The van der Waals surface area contributed by atoms with Gasteiger partial charge in [-0.05, 0) is 35.4 Å². The summed E-state index contributed by atoms with van der Waals surface area (Å²) in [4.78, 5) is 0. The maximum absolute atomic E-state index is 13.2. The van der Waals surface area contributed by atoms with Crippen molar-refractivity contribution in [1.29, 1.82) is 5.26 Å². The van der Waals surface area contributed by atoms with E-state index >= 15 is 0 Å². The van der Waals surface area contributed by atoms with Gasteiger partial charge < -0.3 is 0 Å². The summed E-state index contributed by atoms with van der Waals surface area (Å²) in [7, 11) is -1.25. The van der Waals surface area contributed by atoms with Crippen LogP contribution in [0.4, 0.5) is 4.39 Å². The van der Waals surface area contributed by atoms with Crippen LogP contribution in [0.25, 0.3) is 0 Å². The van der Waals surface area contributed by atoms with Crippen LogP contribution in [0, 0.1) is 17.1 Å². The van der Waals surface area contributed by atoms with Gasteiger partial charge in [0.2, 0.25) is 0 Å². The van der Waals surface area contributed by atoms with Crippen LogP contribution < -0.4 is 0 Å². The summed E-state index contributed by atoms with van der Waals surface area (Å²) in [6.07, 6.45) is 0. The summed E-state index contributed by atoms with van der Waals surface area (Å²) in [5, 5.41) is 9.52. The first-order valence-corrected chi connectivity index (χ1v) is 7.73. The molecule has 2 rings (SSSR count). The number of rotatable bonds is 4. The minimum atomic E-state index is -1.25. The normalized spacial score (nSPS) is 11.8. The summed E-state index contributed by atoms with van der Waals surface area (Å²) in [5.74, 6) is -0.0267. The fourth-order valence-electron chi connectivity index (χ4n) is 1.80. The van der Waals surface area contributed by atoms with Gasteiger partial charge in [-0.2, -0.15) is 5.26 Å². The van der Waals surface area contributed by atoms with Crippen molar-refractivity contribution in [3.05, 3.63) is 70.0 Å². The molecule has 0 aromatic heterocycles. The van der Waals surface area contributed by atoms with Gasteiger partial charge in [-0.15, -0.1) is 0 Å². The number of nitriles is 1. The molecule has 0 radical (unpaired) electrons. The average Bonchev–Trinajstić information content (AvgIpc) is 2.41. The Morgan fingerprint density at radius 3 is 2.55 bits per heavy atom. The fourth-order valence-corrected chi connectivity index (χ4v) is 3.37. The molecule has 5 heteroatoms. The molecule has 0 saturated carbocycles. The zero-order valence-electron chi connectivity index (χ0n) is 10.5. The summed E-state index contributed by atoms with van der Waals surface area (Å²) < 4.78 is 25.3. The highest BCUT2D eigenvalue weighted by Gasteiger charge is 2.10. The van der Waals surface area contributed by atoms with E-state index in [1.54, 1.807) is 18.2 Å². The molecule has 2 aromatic rings. The Morgan fingerprint density at radius 2 is 1.85 bits per heavy atom. The van der Waals surface area contributed by atoms with Crippen molar-refractivity contribution in [3.8, 4) is 6.07 Å². The molecule has 1 unspecified atom stereocenters. The molecule has 0 saturated heterocycles. The Balaban J connectivity index is 2.15. The molecule has 0 aliphatic rings. The van der Waals surface area contributed by atoms with E-state index in [-0.39, 0.29) is 11.5 Å². The number of hydrogen-bond donors (Lipinski definition) is 0. The second kappa shape index (κ2) is 6.65. The standard InChI is InChI=1S/C15H11ClFNOS/c16-15-4-2-1-3-12(15)9-20(19)10-13-7-14(17)6-5-11(13)8-18/h1-7H,9-10H2. The van der Waals surface area contributed by atoms with Crippen molar-refractivity contribution in [1.82, 2.24) is 0 Å². The van der Waals surface area contributed by atoms with Crippen molar-refractivity contribution in [2.24, 2.45) is 0 Å². The van der Waals surface area contributed by atoms with Crippen molar-refractivity contribution < 1.29 is 8.60 Å². The lowest BCUT2D eigenvalue weighted by atomic mass is 10.1. The molecule has 0 heterocycles. The number of hydrogen-bond acceptors (Lipinski definition) is 2. The van der Waals surface area contributed by atoms with Gasteiger partial charge in [0.15, 0.2) is 0 Å². The van der Waals surface area contributed by atoms with Gasteiger partial charge in [0.05, 0.1) is 23.1 Å². The van der Waals surface area contributed by atoms with Gasteiger partial charge in [-0.3, -0.25) is 4.21 Å². The molecule has 0 amide bonds. The van der Waals surface area contributed by atoms with Crippen LogP contribution in [0.3, 0.4) is 0 Å². The van der Waals surface area contributed by atoms with Crippen molar-refractivity contribution in [3.63, 3.8) is 0 Å². The predicted molar refractivity (Wildman–Crippen MR) is 78.1 cm³/mol. The molecule has 1 atom stereocenters. The molecule has 2 aromatic carbocycles. The minimum absolute atomic E-state index is 0.131. The maximum Gasteiger partial charge on any atom is 0.123 e. The largest absolute Gasteiger partial charge is 0.259 e. The van der Waals surface area contributed by atoms with Crippen LogP contribution >= 0.6 is 11.6 Å². The van der Waals surface area contributed by atoms with Crippen molar-refractivity contribution in [2.75, 3.05) is 0 Å². The molecule has 20 heavy (non-hydrogen) atoms. The van der Waals surface area contributed by atoms with Crippen LogP contribution in [-0.2, 0) is 22.3 Å². The molecule has 0 aliphatic heterocycles. The van der Waals surface area contributed by atoms with E-state index in [4.69, 9.17) is 16.9 Å². The van der Waals surface area contributed by atoms with E-state index in [2.05, 4.69) is 0 Å². The summed E-state index contributed by atoms with van der Waals surface area (Å²) >= 11 is 6.01. The second-order valence-corrected chi connectivity index (χ2v) is 6.10. The van der Waals surface area contributed by atoms with Crippen LogP contribution in [0.5, 0.6) is 0 Å². The Morgan fingerprint density at radius 1 is 1.15 bits per heavy atom. The molecule has 0 fully saturated rings. The molecular formula is C15H11ClFNOS. The zero-order valence-corrected chi connectivity index (χ0v) is 12.0. The summed E-state index contributed by atoms with van der Waals surface area (Å²) in [6.45, 7) is 0. The first kappa shape index (κ1) is 14.7. The van der Waals surface area contributed by atoms with Crippen LogP contribution in [0.2, 0.25) is 5.02 Å². The molecule has 0 N–H and O–H groups in total. The molecule has 2 nitrogen and oxygen atoms in total. The third-order valence-corrected chi connectivity index (χ3v) is 4.41. The van der Waals surface area contributed by atoms with Gasteiger partial charge in [0.25, 0.3) is 0 Å². The number of benzene rings is 2. The third-order valence-electron chi connectivity index (χ3n) is 2.78. The van der Waals surface area contributed by atoms with Gasteiger partial charge in [0, 0.05) is 15.8 Å². The van der Waals surface area contributed by atoms with E-state index in [0.29, 0.717) is 16.1 Å². The highest BCUT2D eigenvalue weighted by atomic mass is 35.5. The molecular weight excluding hydrogens is 297 g/mol. The van der Waals surface area contributed by atoms with Crippen LogP contribution in [0.15, 0.2) is 42.5 Å². The lowest BCUT2D eigenvalue weighted by Crippen LogP contribution is -2.02. The van der Waals surface area contributed by atoms with Gasteiger partial charge >= 0.3 is 0 Å². The molecule has 102 valence electrons. The smallest absolute Gasteiger partial charge is 0.123 e. The molecule has 0 bridgehead atoms. The molecule has 0 spiro atoms. The summed E-state index contributed by atoms with van der Waals surface area (Å²) in [5.41, 5.74) is 1.58. The van der Waals surface area contributed by atoms with Crippen LogP contribution in [-0.4, -0.2) is 4.21 Å². The Labute approximate surface area is 124 Å². The average molecular weight is 308 g/mol. The second-order valence-electron chi connectivity index (χ2n) is 4.23. The van der Waals surface area contributed by atoms with Gasteiger partial charge in [-0.25, -0.2) is 4.39 Å². The van der Waals surface area contributed by atoms with Crippen LogP contribution in [0.1, 0.15) is 16.7 Å². The van der Waals surface area contributed by atoms with E-state index in [1.807, 2.05) is 12.1 Å². The van der Waals surface area contributed by atoms with E-state index in [1.165, 1.54) is 18.2 Å². The minimum Gasteiger partial charge on any atom is -0.259 e. The summed E-state index contributed by atoms with van der Waals surface area (Å²) in [6, 6.07) is 13.0. The Kier molecular flexibility index (Phi) is 4.89.